The smallest absolute Gasteiger partial charge is 0.294 e. The topological polar surface area (TPSA) is 69.7 Å². The van der Waals surface area contributed by atoms with Gasteiger partial charge in [-0.05, 0) is 105 Å². The Hall–Kier alpha value is -3.13. The summed E-state index contributed by atoms with van der Waals surface area (Å²) in [7, 11) is 0. The molecule has 6 nitrogen and oxygen atoms in total. The number of amides is 3. The highest BCUT2D eigenvalue weighted by Gasteiger charge is 2.38. The summed E-state index contributed by atoms with van der Waals surface area (Å²) in [4.78, 5) is 41.4. The number of anilines is 2. The monoisotopic (exact) mass is 495 g/mol. The van der Waals surface area contributed by atoms with Crippen LogP contribution in [0.4, 0.5) is 20.6 Å². The van der Waals surface area contributed by atoms with E-state index >= 15 is 0 Å². The molecule has 2 aliphatic rings. The Morgan fingerprint density at radius 2 is 1.89 bits per heavy atom. The fourth-order valence-electron chi connectivity index (χ4n) is 5.20. The molecule has 184 valence electrons. The van der Waals surface area contributed by atoms with Gasteiger partial charge < -0.3 is 10.2 Å². The number of benzene rings is 2. The van der Waals surface area contributed by atoms with Crippen molar-refractivity contribution in [1.29, 1.82) is 0 Å². The highest BCUT2D eigenvalue weighted by Crippen LogP contribution is 2.45. The third kappa shape index (κ3) is 5.12. The summed E-state index contributed by atoms with van der Waals surface area (Å²) in [6.07, 6.45) is 2.73. The van der Waals surface area contributed by atoms with Gasteiger partial charge in [0.1, 0.15) is 12.4 Å². The minimum atomic E-state index is -0.529. The second-order valence-corrected chi connectivity index (χ2v) is 11.0. The first-order chi connectivity index (χ1) is 16.5. The van der Waals surface area contributed by atoms with Crippen molar-refractivity contribution in [2.75, 3.05) is 16.8 Å². The van der Waals surface area contributed by atoms with Gasteiger partial charge in [-0.25, -0.2) is 4.39 Å². The summed E-state index contributed by atoms with van der Waals surface area (Å²) < 4.78 is 13.1. The number of carbonyl (C=O) groups excluding carboxylic acids is 3. The summed E-state index contributed by atoms with van der Waals surface area (Å²) in [6, 6.07) is 11.8. The second kappa shape index (κ2) is 9.49. The molecule has 0 radical (unpaired) electrons. The van der Waals surface area contributed by atoms with E-state index in [1.807, 2.05) is 6.07 Å². The Kier molecular flexibility index (Phi) is 6.77. The first kappa shape index (κ1) is 25.0. The summed E-state index contributed by atoms with van der Waals surface area (Å²) in [6.45, 7) is 10.7. The number of carbonyl (C=O) groups is 3. The summed E-state index contributed by atoms with van der Waals surface area (Å²) >= 11 is 0.829. The summed E-state index contributed by atoms with van der Waals surface area (Å²) in [5.74, 6) is -1.09. The minimum absolute atomic E-state index is 0.0409. The van der Waals surface area contributed by atoms with Crippen molar-refractivity contribution in [1.82, 2.24) is 4.90 Å². The molecule has 0 saturated carbocycles. The molecule has 35 heavy (non-hydrogen) atoms. The molecule has 1 atom stereocenters. The molecule has 2 aromatic carbocycles. The van der Waals surface area contributed by atoms with Gasteiger partial charge in [-0.2, -0.15) is 0 Å². The highest BCUT2D eigenvalue weighted by molar-refractivity contribution is 8.18. The maximum Gasteiger partial charge on any atom is 0.294 e. The second-order valence-electron chi connectivity index (χ2n) is 10.0. The van der Waals surface area contributed by atoms with Crippen LogP contribution in [0.3, 0.4) is 0 Å². The van der Waals surface area contributed by atoms with Crippen LogP contribution in [-0.2, 0) is 9.59 Å². The number of nitrogens with one attached hydrogen (secondary N) is 1. The minimum Gasteiger partial charge on any atom is -0.364 e. The van der Waals surface area contributed by atoms with Crippen molar-refractivity contribution in [3.8, 4) is 0 Å². The first-order valence-corrected chi connectivity index (χ1v) is 12.5. The largest absolute Gasteiger partial charge is 0.364 e. The Morgan fingerprint density at radius 3 is 2.54 bits per heavy atom. The Labute approximate surface area is 209 Å². The van der Waals surface area contributed by atoms with Gasteiger partial charge in [0.05, 0.1) is 4.91 Å². The van der Waals surface area contributed by atoms with Crippen LogP contribution in [0.1, 0.15) is 58.1 Å². The van der Waals surface area contributed by atoms with Crippen molar-refractivity contribution in [3.63, 3.8) is 0 Å². The predicted molar refractivity (Wildman–Crippen MR) is 139 cm³/mol. The van der Waals surface area contributed by atoms with Gasteiger partial charge in [0.15, 0.2) is 0 Å². The lowest BCUT2D eigenvalue weighted by molar-refractivity contribution is -0.127. The molecule has 1 unspecified atom stereocenters. The van der Waals surface area contributed by atoms with Gasteiger partial charge in [0.25, 0.3) is 11.1 Å². The number of thioether (sulfide) groups is 1. The van der Waals surface area contributed by atoms with E-state index in [2.05, 4.69) is 57.0 Å². The molecule has 3 amide bonds. The standard InChI is InChI=1S/C27H30FN3O3S/c1-16(2)31-22-11-6-18(12-21(22)17(3)14-27(31,4)5)13-23-25(33)30(26(34)35-23)15-24(32)29-20-9-7-19(28)8-10-20/h6-13,16-17H,14-15H2,1-5H3,(H,29,32)/b23-13-. The molecule has 1 fully saturated rings. The molecule has 1 saturated heterocycles. The van der Waals surface area contributed by atoms with Gasteiger partial charge in [0.2, 0.25) is 5.91 Å². The fraction of sp³-hybridized carbons (Fsp3) is 0.370. The van der Waals surface area contributed by atoms with Crippen LogP contribution in [0.5, 0.6) is 0 Å². The zero-order valence-corrected chi connectivity index (χ0v) is 21.4. The maximum atomic E-state index is 13.1. The molecule has 2 aliphatic heterocycles. The van der Waals surface area contributed by atoms with Gasteiger partial charge in [-0.3, -0.25) is 19.3 Å². The number of halogens is 1. The van der Waals surface area contributed by atoms with Crippen molar-refractivity contribution in [3.05, 3.63) is 64.3 Å². The molecule has 0 bridgehead atoms. The summed E-state index contributed by atoms with van der Waals surface area (Å²) in [5.41, 5.74) is 3.70. The number of hydrogen-bond acceptors (Lipinski definition) is 5. The van der Waals surface area contributed by atoms with Crippen molar-refractivity contribution < 1.29 is 18.8 Å². The number of fused-ring (bicyclic) bond motifs is 1. The van der Waals surface area contributed by atoms with Crippen LogP contribution >= 0.6 is 11.8 Å². The number of imide groups is 1. The molecule has 8 heteroatoms. The molecule has 0 aromatic heterocycles. The summed E-state index contributed by atoms with van der Waals surface area (Å²) in [5, 5.41) is 2.08. The maximum absolute atomic E-state index is 13.1. The predicted octanol–water partition coefficient (Wildman–Crippen LogP) is 6.00. The molecular formula is C27H30FN3O3S. The van der Waals surface area contributed by atoms with E-state index < -0.39 is 29.4 Å². The number of hydrogen-bond donors (Lipinski definition) is 1. The zero-order chi connectivity index (χ0) is 25.5. The molecule has 2 aromatic rings. The lowest BCUT2D eigenvalue weighted by Crippen LogP contribution is -2.51. The van der Waals surface area contributed by atoms with Crippen molar-refractivity contribution >= 4 is 46.3 Å². The number of rotatable bonds is 5. The van der Waals surface area contributed by atoms with E-state index in [1.54, 1.807) is 6.08 Å². The van der Waals surface area contributed by atoms with Gasteiger partial charge in [0, 0.05) is 23.0 Å². The lowest BCUT2D eigenvalue weighted by atomic mass is 9.79. The van der Waals surface area contributed by atoms with Crippen LogP contribution < -0.4 is 10.2 Å². The quantitative estimate of drug-likeness (QED) is 0.515. The van der Waals surface area contributed by atoms with Crippen LogP contribution in [-0.4, -0.2) is 40.1 Å². The van der Waals surface area contributed by atoms with E-state index in [1.165, 1.54) is 35.5 Å². The van der Waals surface area contributed by atoms with Gasteiger partial charge >= 0.3 is 0 Å². The van der Waals surface area contributed by atoms with E-state index in [4.69, 9.17) is 0 Å². The van der Waals surface area contributed by atoms with Crippen LogP contribution in [0.25, 0.3) is 6.08 Å². The van der Waals surface area contributed by atoms with Crippen molar-refractivity contribution in [2.45, 2.75) is 58.5 Å². The zero-order valence-electron chi connectivity index (χ0n) is 20.6. The Morgan fingerprint density at radius 1 is 1.20 bits per heavy atom. The molecule has 0 aliphatic carbocycles. The van der Waals surface area contributed by atoms with E-state index in [0.717, 1.165) is 28.6 Å². The first-order valence-electron chi connectivity index (χ1n) is 11.7. The molecule has 0 spiro atoms. The molecule has 2 heterocycles. The Balaban J connectivity index is 1.52. The van der Waals surface area contributed by atoms with Crippen LogP contribution in [0, 0.1) is 5.82 Å². The molecule has 4 rings (SSSR count). The third-order valence-corrected chi connectivity index (χ3v) is 7.32. The third-order valence-electron chi connectivity index (χ3n) is 6.42. The normalized spacial score (nSPS) is 20.5. The Bertz CT molecular complexity index is 1210. The van der Waals surface area contributed by atoms with E-state index in [-0.39, 0.29) is 10.4 Å². The molecule has 1 N–H and O–H groups in total. The van der Waals surface area contributed by atoms with Gasteiger partial charge in [-0.1, -0.05) is 13.0 Å². The fourth-order valence-corrected chi connectivity index (χ4v) is 6.04. The number of nitrogens with zero attached hydrogens (tertiary/aromatic N) is 2. The van der Waals surface area contributed by atoms with Crippen LogP contribution in [0.2, 0.25) is 0 Å². The lowest BCUT2D eigenvalue weighted by Gasteiger charge is -2.50. The van der Waals surface area contributed by atoms with Crippen LogP contribution in [0.15, 0.2) is 47.4 Å². The van der Waals surface area contributed by atoms with E-state index in [9.17, 15) is 18.8 Å². The highest BCUT2D eigenvalue weighted by atomic mass is 32.2. The van der Waals surface area contributed by atoms with E-state index in [0.29, 0.717) is 17.6 Å². The van der Waals surface area contributed by atoms with Crippen molar-refractivity contribution in [2.24, 2.45) is 0 Å². The molecular weight excluding hydrogens is 465 g/mol. The SMILES string of the molecule is CC1CC(C)(C)N(C(C)C)c2ccc(/C=C3\SC(=O)N(CC(=O)Nc4ccc(F)cc4)C3=O)cc21. The van der Waals surface area contributed by atoms with Gasteiger partial charge in [-0.15, -0.1) is 0 Å². The average Bonchev–Trinajstić information content (AvgIpc) is 3.02. The average molecular weight is 496 g/mol.